The lowest BCUT2D eigenvalue weighted by atomic mass is 10.1. The monoisotopic (exact) mass is 416 g/mol. The van der Waals surface area contributed by atoms with Crippen LogP contribution in [0.15, 0.2) is 49.6 Å². The van der Waals surface area contributed by atoms with Crippen LogP contribution in [-0.2, 0) is 22.5 Å². The summed E-state index contributed by atoms with van der Waals surface area (Å²) in [6.45, 7) is 3.84. The Bertz CT molecular complexity index is 1100. The number of carbonyl (C=O) groups is 1. The predicted octanol–water partition coefficient (Wildman–Crippen LogP) is 1.52. The Morgan fingerprint density at radius 2 is 2.00 bits per heavy atom. The molecule has 1 N–H and O–H groups in total. The number of ether oxygens (including phenoxy) is 1. The number of aryl methyl sites for hydroxylation is 1. The van der Waals surface area contributed by atoms with E-state index in [2.05, 4.69) is 15.2 Å². The summed E-state index contributed by atoms with van der Waals surface area (Å²) >= 11 is 1.06. The molecule has 2 aromatic heterocycles. The van der Waals surface area contributed by atoms with Gasteiger partial charge in [-0.1, -0.05) is 42.1 Å². The van der Waals surface area contributed by atoms with E-state index in [9.17, 15) is 14.4 Å². The molecule has 0 radical (unpaired) electrons. The molecule has 0 aliphatic rings. The van der Waals surface area contributed by atoms with Gasteiger partial charge in [-0.2, -0.15) is 0 Å². The van der Waals surface area contributed by atoms with Crippen molar-refractivity contribution < 1.29 is 13.9 Å². The fraction of sp³-hybridized carbons (Fsp3) is 0.316. The highest BCUT2D eigenvalue weighted by Gasteiger charge is 2.16. The molecule has 0 bridgehead atoms. The van der Waals surface area contributed by atoms with Crippen molar-refractivity contribution in [3.63, 3.8) is 0 Å². The van der Waals surface area contributed by atoms with Gasteiger partial charge in [-0.15, -0.1) is 10.2 Å². The van der Waals surface area contributed by atoms with E-state index in [1.807, 2.05) is 30.3 Å². The average molecular weight is 416 g/mol. The van der Waals surface area contributed by atoms with Crippen LogP contribution in [0, 0.1) is 6.92 Å². The second-order valence-electron chi connectivity index (χ2n) is 6.14. The highest BCUT2D eigenvalue weighted by molar-refractivity contribution is 7.99. The van der Waals surface area contributed by atoms with E-state index in [-0.39, 0.29) is 35.8 Å². The maximum absolute atomic E-state index is 12.9. The minimum absolute atomic E-state index is 0.0526. The Balaban J connectivity index is 1.79. The molecule has 0 aliphatic heterocycles. The molecular weight excluding hydrogens is 396 g/mol. The lowest BCUT2D eigenvalue weighted by Gasteiger charge is -2.09. The van der Waals surface area contributed by atoms with E-state index < -0.39 is 11.2 Å². The number of nitrogens with zero attached hydrogens (tertiary/aromatic N) is 3. The van der Waals surface area contributed by atoms with E-state index in [1.165, 1.54) is 0 Å². The Hall–Kier alpha value is -3.14. The highest BCUT2D eigenvalue weighted by atomic mass is 32.2. The maximum atomic E-state index is 12.9. The zero-order valence-corrected chi connectivity index (χ0v) is 16.8. The third-order valence-electron chi connectivity index (χ3n) is 4.07. The summed E-state index contributed by atoms with van der Waals surface area (Å²) in [5.74, 6) is -0.107. The number of hydrogen-bond acceptors (Lipinski definition) is 8. The number of rotatable bonds is 8. The van der Waals surface area contributed by atoms with Crippen molar-refractivity contribution in [1.29, 1.82) is 0 Å². The summed E-state index contributed by atoms with van der Waals surface area (Å²) in [6, 6.07) is 9.24. The third-order valence-corrected chi connectivity index (χ3v) is 4.87. The number of benzene rings is 1. The lowest BCUT2D eigenvalue weighted by Crippen LogP contribution is -2.38. The highest BCUT2D eigenvalue weighted by Crippen LogP contribution is 2.17. The van der Waals surface area contributed by atoms with Crippen molar-refractivity contribution in [2.75, 3.05) is 12.4 Å². The van der Waals surface area contributed by atoms with Gasteiger partial charge in [0.15, 0.2) is 0 Å². The van der Waals surface area contributed by atoms with Crippen molar-refractivity contribution in [3.8, 4) is 0 Å². The molecule has 1 aromatic carbocycles. The number of carbonyl (C=O) groups excluding carboxylic acids is 1. The van der Waals surface area contributed by atoms with Crippen molar-refractivity contribution in [3.05, 3.63) is 73.9 Å². The summed E-state index contributed by atoms with van der Waals surface area (Å²) < 4.78 is 11.5. The van der Waals surface area contributed by atoms with Crippen LogP contribution < -0.4 is 11.2 Å². The molecule has 0 aliphatic carbocycles. The van der Waals surface area contributed by atoms with Crippen LogP contribution in [-0.4, -0.2) is 38.1 Å². The second kappa shape index (κ2) is 9.37. The smallest absolute Gasteiger partial charge is 0.328 e. The number of nitrogens with one attached hydrogen (secondary N) is 1. The van der Waals surface area contributed by atoms with E-state index in [4.69, 9.17) is 9.15 Å². The number of aromatic nitrogens is 4. The molecule has 3 aromatic rings. The summed E-state index contributed by atoms with van der Waals surface area (Å²) in [5.41, 5.74) is 0.769. The first-order valence-electron chi connectivity index (χ1n) is 8.95. The Morgan fingerprint density at radius 3 is 2.72 bits per heavy atom. The summed E-state index contributed by atoms with van der Waals surface area (Å²) in [7, 11) is 0. The van der Waals surface area contributed by atoms with Crippen LogP contribution in [0.5, 0.6) is 0 Å². The Kier molecular flexibility index (Phi) is 6.65. The molecule has 29 heavy (non-hydrogen) atoms. The molecule has 0 atom stereocenters. The Morgan fingerprint density at radius 1 is 1.24 bits per heavy atom. The molecule has 2 heterocycles. The zero-order chi connectivity index (χ0) is 20.8. The fourth-order valence-electron chi connectivity index (χ4n) is 2.68. The van der Waals surface area contributed by atoms with Crippen LogP contribution in [0.25, 0.3) is 0 Å². The van der Waals surface area contributed by atoms with Crippen molar-refractivity contribution >= 4 is 17.7 Å². The van der Waals surface area contributed by atoms with E-state index >= 15 is 0 Å². The lowest BCUT2D eigenvalue weighted by molar-refractivity contribution is -0.139. The topological polar surface area (TPSA) is 120 Å². The standard InChI is InChI=1S/C19H20N4O5S/c1-3-27-16(24)11-29-19-22-21-15(28-19)9-14-12(2)20-18(26)23(17(14)25)10-13-7-5-4-6-8-13/h4-8H,3,9-11H2,1-2H3,(H,20,26). The zero-order valence-electron chi connectivity index (χ0n) is 16.0. The SMILES string of the molecule is CCOC(=O)CSc1nnc(Cc2c(C)[nH]c(=O)n(Cc3ccccc3)c2=O)o1. The van der Waals surface area contributed by atoms with Crippen LogP contribution in [0.3, 0.4) is 0 Å². The van der Waals surface area contributed by atoms with Gasteiger partial charge < -0.3 is 14.1 Å². The van der Waals surface area contributed by atoms with Crippen molar-refractivity contribution in [2.45, 2.75) is 32.0 Å². The molecule has 0 spiro atoms. The van der Waals surface area contributed by atoms with Gasteiger partial charge in [0, 0.05) is 11.3 Å². The van der Waals surface area contributed by atoms with E-state index in [0.717, 1.165) is 21.9 Å². The minimum Gasteiger partial charge on any atom is -0.465 e. The first-order valence-corrected chi connectivity index (χ1v) is 9.93. The minimum atomic E-state index is -0.476. The number of aromatic amines is 1. The van der Waals surface area contributed by atoms with Gasteiger partial charge >= 0.3 is 11.7 Å². The molecule has 10 heteroatoms. The number of thioether (sulfide) groups is 1. The molecule has 152 valence electrons. The van der Waals surface area contributed by atoms with E-state index in [1.54, 1.807) is 13.8 Å². The molecule has 0 unspecified atom stereocenters. The van der Waals surface area contributed by atoms with Crippen LogP contribution >= 0.6 is 11.8 Å². The van der Waals surface area contributed by atoms with Crippen LogP contribution in [0.4, 0.5) is 0 Å². The number of H-pyrrole nitrogens is 1. The molecule has 9 nitrogen and oxygen atoms in total. The number of hydrogen-bond donors (Lipinski definition) is 1. The molecule has 0 saturated carbocycles. The quantitative estimate of drug-likeness (QED) is 0.433. The molecule has 0 saturated heterocycles. The summed E-state index contributed by atoms with van der Waals surface area (Å²) in [5, 5.41) is 8.00. The van der Waals surface area contributed by atoms with Crippen LogP contribution in [0.2, 0.25) is 0 Å². The van der Waals surface area contributed by atoms with E-state index in [0.29, 0.717) is 17.9 Å². The fourth-order valence-corrected chi connectivity index (χ4v) is 3.26. The largest absolute Gasteiger partial charge is 0.465 e. The summed E-state index contributed by atoms with van der Waals surface area (Å²) in [4.78, 5) is 39.3. The third kappa shape index (κ3) is 5.23. The molecule has 3 rings (SSSR count). The van der Waals surface area contributed by atoms with Gasteiger partial charge in [-0.3, -0.25) is 14.2 Å². The predicted molar refractivity (Wildman–Crippen MR) is 106 cm³/mol. The molecule has 0 amide bonds. The van der Waals surface area contributed by atoms with Gasteiger partial charge in [0.2, 0.25) is 5.89 Å². The average Bonchev–Trinajstić information content (AvgIpc) is 3.15. The number of esters is 1. The second-order valence-corrected chi connectivity index (χ2v) is 7.07. The van der Waals surface area contributed by atoms with Gasteiger partial charge in [0.05, 0.1) is 19.6 Å². The molecular formula is C19H20N4O5S. The van der Waals surface area contributed by atoms with Gasteiger partial charge in [0.25, 0.3) is 10.8 Å². The van der Waals surface area contributed by atoms with Gasteiger partial charge in [-0.25, -0.2) is 4.79 Å². The summed E-state index contributed by atoms with van der Waals surface area (Å²) in [6.07, 6.45) is 0.0726. The normalized spacial score (nSPS) is 10.8. The maximum Gasteiger partial charge on any atom is 0.328 e. The van der Waals surface area contributed by atoms with Gasteiger partial charge in [-0.05, 0) is 19.4 Å². The first kappa shape index (κ1) is 20.6. The Labute approximate surface area is 170 Å². The van der Waals surface area contributed by atoms with Crippen LogP contribution in [0.1, 0.15) is 29.6 Å². The van der Waals surface area contributed by atoms with Crippen molar-refractivity contribution in [2.24, 2.45) is 0 Å². The molecule has 0 fully saturated rings. The van der Waals surface area contributed by atoms with Crippen molar-refractivity contribution in [1.82, 2.24) is 19.7 Å². The first-order chi connectivity index (χ1) is 14.0. The van der Waals surface area contributed by atoms with Gasteiger partial charge in [0.1, 0.15) is 5.75 Å².